The predicted octanol–water partition coefficient (Wildman–Crippen LogP) is 2.68. The summed E-state index contributed by atoms with van der Waals surface area (Å²) in [6, 6.07) is 18.2. The maximum Gasteiger partial charge on any atom is 0.226 e. The summed E-state index contributed by atoms with van der Waals surface area (Å²) < 4.78 is 5.87. The quantitative estimate of drug-likeness (QED) is 0.924. The molecular formula is C19H22N2O2. The summed E-state index contributed by atoms with van der Waals surface area (Å²) >= 11 is 0. The number of carbonyl (C=O) groups excluding carboxylic acids is 1. The van der Waals surface area contributed by atoms with E-state index < -0.39 is 0 Å². The van der Waals surface area contributed by atoms with Crippen molar-refractivity contribution in [2.45, 2.75) is 18.9 Å². The van der Waals surface area contributed by atoms with Crippen LogP contribution in [-0.4, -0.2) is 36.5 Å². The first-order valence-electron chi connectivity index (χ1n) is 8.04. The van der Waals surface area contributed by atoms with Crippen molar-refractivity contribution >= 4 is 5.91 Å². The number of likely N-dealkylation sites (tertiary alicyclic amines) is 1. The van der Waals surface area contributed by atoms with E-state index in [0.717, 1.165) is 29.8 Å². The minimum absolute atomic E-state index is 0.121. The van der Waals surface area contributed by atoms with Crippen molar-refractivity contribution in [3.63, 3.8) is 0 Å². The molecule has 1 aliphatic rings. The lowest BCUT2D eigenvalue weighted by atomic mass is 10.1. The first-order valence-corrected chi connectivity index (χ1v) is 8.04. The Morgan fingerprint density at radius 1 is 1.13 bits per heavy atom. The molecule has 1 unspecified atom stereocenters. The van der Waals surface area contributed by atoms with Gasteiger partial charge in [-0.05, 0) is 18.1 Å². The fourth-order valence-corrected chi connectivity index (χ4v) is 2.87. The third-order valence-electron chi connectivity index (χ3n) is 4.12. The second-order valence-corrected chi connectivity index (χ2v) is 5.85. The molecule has 1 atom stereocenters. The first kappa shape index (κ1) is 15.6. The van der Waals surface area contributed by atoms with Crippen molar-refractivity contribution in [3.8, 4) is 16.9 Å². The highest BCUT2D eigenvalue weighted by molar-refractivity contribution is 5.76. The van der Waals surface area contributed by atoms with Gasteiger partial charge in [0.15, 0.2) is 0 Å². The van der Waals surface area contributed by atoms with Crippen LogP contribution in [0.25, 0.3) is 11.1 Å². The van der Waals surface area contributed by atoms with Crippen molar-refractivity contribution in [3.05, 3.63) is 54.6 Å². The van der Waals surface area contributed by atoms with Gasteiger partial charge in [0.2, 0.25) is 5.91 Å². The number of carbonyl (C=O) groups is 1. The van der Waals surface area contributed by atoms with Crippen LogP contribution in [0.3, 0.4) is 0 Å². The lowest BCUT2D eigenvalue weighted by Gasteiger charge is -2.16. The molecule has 4 heteroatoms. The fourth-order valence-electron chi connectivity index (χ4n) is 2.87. The van der Waals surface area contributed by atoms with Gasteiger partial charge in [-0.1, -0.05) is 48.5 Å². The second-order valence-electron chi connectivity index (χ2n) is 5.85. The van der Waals surface area contributed by atoms with Crippen LogP contribution in [0.5, 0.6) is 5.75 Å². The third kappa shape index (κ3) is 3.90. The Balaban J connectivity index is 1.60. The van der Waals surface area contributed by atoms with Gasteiger partial charge in [-0.3, -0.25) is 4.79 Å². The lowest BCUT2D eigenvalue weighted by Crippen LogP contribution is -2.32. The highest BCUT2D eigenvalue weighted by atomic mass is 16.5. The van der Waals surface area contributed by atoms with Crippen LogP contribution >= 0.6 is 0 Å². The largest absolute Gasteiger partial charge is 0.492 e. The molecular weight excluding hydrogens is 288 g/mol. The zero-order chi connectivity index (χ0) is 16.1. The number of amides is 1. The highest BCUT2D eigenvalue weighted by Gasteiger charge is 2.23. The molecule has 3 rings (SSSR count). The van der Waals surface area contributed by atoms with Gasteiger partial charge in [-0.15, -0.1) is 0 Å². The number of hydrogen-bond donors (Lipinski definition) is 1. The van der Waals surface area contributed by atoms with E-state index in [2.05, 4.69) is 12.1 Å². The predicted molar refractivity (Wildman–Crippen MR) is 91.2 cm³/mol. The van der Waals surface area contributed by atoms with Gasteiger partial charge in [-0.2, -0.15) is 0 Å². The van der Waals surface area contributed by atoms with Gasteiger partial charge in [0, 0.05) is 24.7 Å². The van der Waals surface area contributed by atoms with Crippen LogP contribution in [0.1, 0.15) is 12.8 Å². The Hall–Kier alpha value is -2.33. The summed E-state index contributed by atoms with van der Waals surface area (Å²) in [6.07, 6.45) is 1.28. The van der Waals surface area contributed by atoms with Gasteiger partial charge < -0.3 is 15.4 Å². The molecule has 4 nitrogen and oxygen atoms in total. The Labute approximate surface area is 136 Å². The second kappa shape index (κ2) is 7.29. The molecule has 1 fully saturated rings. The van der Waals surface area contributed by atoms with Gasteiger partial charge in [0.1, 0.15) is 5.75 Å². The first-order chi connectivity index (χ1) is 11.2. The fraction of sp³-hybridized carbons (Fsp3) is 0.316. The minimum Gasteiger partial charge on any atom is -0.492 e. The lowest BCUT2D eigenvalue weighted by molar-refractivity contribution is -0.130. The number of ether oxygens (including phenoxy) is 1. The molecule has 0 aliphatic carbocycles. The molecule has 1 saturated heterocycles. The molecule has 2 aromatic carbocycles. The van der Waals surface area contributed by atoms with E-state index in [1.54, 1.807) is 0 Å². The van der Waals surface area contributed by atoms with Crippen molar-refractivity contribution in [2.75, 3.05) is 19.7 Å². The summed E-state index contributed by atoms with van der Waals surface area (Å²) in [7, 11) is 0. The number of rotatable bonds is 5. The van der Waals surface area contributed by atoms with E-state index in [4.69, 9.17) is 10.5 Å². The van der Waals surface area contributed by atoms with Crippen molar-refractivity contribution in [2.24, 2.45) is 5.73 Å². The van der Waals surface area contributed by atoms with Crippen LogP contribution < -0.4 is 10.5 Å². The number of nitrogens with zero attached hydrogens (tertiary/aromatic N) is 1. The molecule has 0 saturated carbocycles. The molecule has 1 amide bonds. The van der Waals surface area contributed by atoms with Crippen LogP contribution in [0.2, 0.25) is 0 Å². The zero-order valence-corrected chi connectivity index (χ0v) is 13.2. The molecule has 1 heterocycles. The Bertz CT molecular complexity index is 657. The Morgan fingerprint density at radius 2 is 1.87 bits per heavy atom. The molecule has 2 aromatic rings. The van der Waals surface area contributed by atoms with Crippen molar-refractivity contribution in [1.29, 1.82) is 0 Å². The van der Waals surface area contributed by atoms with E-state index >= 15 is 0 Å². The van der Waals surface area contributed by atoms with Gasteiger partial charge in [0.05, 0.1) is 13.0 Å². The van der Waals surface area contributed by atoms with Gasteiger partial charge in [0.25, 0.3) is 0 Å². The molecule has 1 aliphatic heterocycles. The zero-order valence-electron chi connectivity index (χ0n) is 13.2. The van der Waals surface area contributed by atoms with E-state index in [-0.39, 0.29) is 11.9 Å². The molecule has 0 aromatic heterocycles. The monoisotopic (exact) mass is 310 g/mol. The maximum atomic E-state index is 12.1. The normalized spacial score (nSPS) is 17.3. The van der Waals surface area contributed by atoms with Crippen molar-refractivity contribution < 1.29 is 9.53 Å². The standard InChI is InChI=1S/C19H22N2O2/c20-16-10-12-21(14-16)19(22)11-13-23-18-9-5-4-8-17(18)15-6-2-1-3-7-15/h1-9,16H,10-14,20H2. The summed E-state index contributed by atoms with van der Waals surface area (Å²) in [5.74, 6) is 0.930. The molecule has 0 spiro atoms. The Kier molecular flexibility index (Phi) is 4.93. The van der Waals surface area contributed by atoms with E-state index in [1.165, 1.54) is 0 Å². The van der Waals surface area contributed by atoms with Crippen LogP contribution in [0.4, 0.5) is 0 Å². The Morgan fingerprint density at radius 3 is 2.61 bits per heavy atom. The smallest absolute Gasteiger partial charge is 0.226 e. The van der Waals surface area contributed by atoms with E-state index in [0.29, 0.717) is 19.6 Å². The topological polar surface area (TPSA) is 55.6 Å². The highest BCUT2D eigenvalue weighted by Crippen LogP contribution is 2.29. The maximum absolute atomic E-state index is 12.1. The summed E-state index contributed by atoms with van der Waals surface area (Å²) in [6.45, 7) is 1.81. The molecule has 2 N–H and O–H groups in total. The molecule has 0 radical (unpaired) electrons. The molecule has 23 heavy (non-hydrogen) atoms. The SMILES string of the molecule is NC1CCN(C(=O)CCOc2ccccc2-c2ccccc2)C1. The summed E-state index contributed by atoms with van der Waals surface area (Å²) in [5.41, 5.74) is 8.00. The molecule has 120 valence electrons. The number of para-hydroxylation sites is 1. The minimum atomic E-state index is 0.121. The van der Waals surface area contributed by atoms with Crippen LogP contribution in [0.15, 0.2) is 54.6 Å². The van der Waals surface area contributed by atoms with Gasteiger partial charge in [-0.25, -0.2) is 0 Å². The van der Waals surface area contributed by atoms with Crippen LogP contribution in [-0.2, 0) is 4.79 Å². The number of benzene rings is 2. The van der Waals surface area contributed by atoms with E-state index in [1.807, 2.05) is 47.4 Å². The average Bonchev–Trinajstić information content (AvgIpc) is 3.03. The molecule has 0 bridgehead atoms. The number of hydrogen-bond acceptors (Lipinski definition) is 3. The summed E-state index contributed by atoms with van der Waals surface area (Å²) in [5, 5.41) is 0. The third-order valence-corrected chi connectivity index (χ3v) is 4.12. The van der Waals surface area contributed by atoms with Crippen molar-refractivity contribution in [1.82, 2.24) is 4.90 Å². The van der Waals surface area contributed by atoms with E-state index in [9.17, 15) is 4.79 Å². The van der Waals surface area contributed by atoms with Crippen LogP contribution in [0, 0.1) is 0 Å². The summed E-state index contributed by atoms with van der Waals surface area (Å²) in [4.78, 5) is 14.0. The average molecular weight is 310 g/mol. The number of nitrogens with two attached hydrogens (primary N) is 1. The van der Waals surface area contributed by atoms with Gasteiger partial charge >= 0.3 is 0 Å².